The smallest absolute Gasteiger partial charge is 0.0635 e. The van der Waals surface area contributed by atoms with Gasteiger partial charge in [-0.05, 0) is 26.8 Å². The van der Waals surface area contributed by atoms with E-state index in [0.717, 1.165) is 18.8 Å². The quantitative estimate of drug-likeness (QED) is 0.743. The van der Waals surface area contributed by atoms with Crippen LogP contribution in [0.4, 0.5) is 5.69 Å². The minimum atomic E-state index is 0.111. The number of nitrogens with zero attached hydrogens (tertiary/aromatic N) is 1. The molecule has 0 amide bonds. The van der Waals surface area contributed by atoms with Gasteiger partial charge in [-0.25, -0.2) is 0 Å². The molecule has 4 heteroatoms. The molecule has 1 aromatic rings. The first-order valence-electron chi connectivity index (χ1n) is 5.93. The molecule has 0 saturated carbocycles. The van der Waals surface area contributed by atoms with Crippen molar-refractivity contribution in [3.63, 3.8) is 0 Å². The van der Waals surface area contributed by atoms with Crippen LogP contribution in [0.25, 0.3) is 0 Å². The first-order valence-corrected chi connectivity index (χ1v) is 5.93. The number of aromatic nitrogens is 1. The molecule has 2 N–H and O–H groups in total. The van der Waals surface area contributed by atoms with Crippen molar-refractivity contribution in [3.8, 4) is 0 Å². The van der Waals surface area contributed by atoms with Crippen molar-refractivity contribution in [2.45, 2.75) is 32.9 Å². The fraction of sp³-hybridized carbons (Fsp3) is 0.615. The zero-order chi connectivity index (χ0) is 12.7. The Morgan fingerprint density at radius 3 is 2.76 bits per heavy atom. The third-order valence-electron chi connectivity index (χ3n) is 2.33. The highest BCUT2D eigenvalue weighted by molar-refractivity contribution is 5.49. The van der Waals surface area contributed by atoms with Crippen LogP contribution < -0.4 is 10.6 Å². The molecule has 96 valence electrons. The summed E-state index contributed by atoms with van der Waals surface area (Å²) < 4.78 is 5.02. The van der Waals surface area contributed by atoms with Crippen LogP contribution in [-0.4, -0.2) is 30.8 Å². The maximum absolute atomic E-state index is 5.02. The van der Waals surface area contributed by atoms with Gasteiger partial charge in [-0.2, -0.15) is 0 Å². The molecule has 0 bridgehead atoms. The molecule has 0 aliphatic rings. The Hall–Kier alpha value is -1.13. The highest BCUT2D eigenvalue weighted by atomic mass is 16.5. The first-order chi connectivity index (χ1) is 8.03. The lowest BCUT2D eigenvalue weighted by molar-refractivity contribution is 0.210. The summed E-state index contributed by atoms with van der Waals surface area (Å²) in [7, 11) is 1.70. The number of hydrogen-bond acceptors (Lipinski definition) is 4. The van der Waals surface area contributed by atoms with E-state index in [-0.39, 0.29) is 5.54 Å². The highest BCUT2D eigenvalue weighted by Crippen LogP contribution is 2.14. The molecular formula is C13H23N3O. The third kappa shape index (κ3) is 5.65. The fourth-order valence-electron chi connectivity index (χ4n) is 1.39. The highest BCUT2D eigenvalue weighted by Gasteiger charge is 2.10. The lowest BCUT2D eigenvalue weighted by atomic mass is 10.1. The van der Waals surface area contributed by atoms with E-state index >= 15 is 0 Å². The largest absolute Gasteiger partial charge is 0.383 e. The Labute approximate surface area is 104 Å². The van der Waals surface area contributed by atoms with Crippen molar-refractivity contribution in [1.29, 1.82) is 0 Å². The monoisotopic (exact) mass is 237 g/mol. The van der Waals surface area contributed by atoms with Gasteiger partial charge in [0.15, 0.2) is 0 Å². The zero-order valence-corrected chi connectivity index (χ0v) is 11.2. The van der Waals surface area contributed by atoms with E-state index in [1.54, 1.807) is 13.3 Å². The van der Waals surface area contributed by atoms with E-state index in [9.17, 15) is 0 Å². The summed E-state index contributed by atoms with van der Waals surface area (Å²) >= 11 is 0. The lowest BCUT2D eigenvalue weighted by Crippen LogP contribution is -2.35. The Balaban J connectivity index is 2.58. The molecule has 4 nitrogen and oxygen atoms in total. The standard InChI is InChI=1S/C13H23N3O/c1-13(2,3)16-10-11-9-14-6-5-12(11)15-7-8-17-4/h5-6,9,16H,7-8,10H2,1-4H3,(H,14,15). The molecule has 0 atom stereocenters. The molecule has 0 unspecified atom stereocenters. The van der Waals surface area contributed by atoms with Crippen molar-refractivity contribution in [2.75, 3.05) is 25.6 Å². The molecule has 0 aromatic carbocycles. The summed E-state index contributed by atoms with van der Waals surface area (Å²) in [5.74, 6) is 0. The summed E-state index contributed by atoms with van der Waals surface area (Å²) in [5, 5.41) is 6.80. The number of rotatable bonds is 6. The molecule has 1 aromatic heterocycles. The Morgan fingerprint density at radius 1 is 1.35 bits per heavy atom. The van der Waals surface area contributed by atoms with Gasteiger partial charge in [-0.15, -0.1) is 0 Å². The normalized spacial score (nSPS) is 11.5. The minimum Gasteiger partial charge on any atom is -0.383 e. The molecule has 0 fully saturated rings. The molecule has 0 saturated heterocycles. The Kier molecular flexibility index (Phi) is 5.38. The molecule has 1 heterocycles. The molecule has 1 rings (SSSR count). The number of anilines is 1. The summed E-state index contributed by atoms with van der Waals surface area (Å²) in [6.07, 6.45) is 3.70. The van der Waals surface area contributed by atoms with Gasteiger partial charge < -0.3 is 15.4 Å². The molecule has 0 aliphatic heterocycles. The second kappa shape index (κ2) is 6.57. The second-order valence-corrected chi connectivity index (χ2v) is 5.06. The van der Waals surface area contributed by atoms with Crippen molar-refractivity contribution < 1.29 is 4.74 Å². The Morgan fingerprint density at radius 2 is 2.12 bits per heavy atom. The lowest BCUT2D eigenvalue weighted by Gasteiger charge is -2.21. The van der Waals surface area contributed by atoms with Crippen molar-refractivity contribution in [2.24, 2.45) is 0 Å². The van der Waals surface area contributed by atoms with Gasteiger partial charge >= 0.3 is 0 Å². The minimum absolute atomic E-state index is 0.111. The number of ether oxygens (including phenoxy) is 1. The topological polar surface area (TPSA) is 46.2 Å². The van der Waals surface area contributed by atoms with Crippen molar-refractivity contribution >= 4 is 5.69 Å². The van der Waals surface area contributed by atoms with Gasteiger partial charge in [-0.1, -0.05) is 0 Å². The van der Waals surface area contributed by atoms with E-state index in [1.807, 2.05) is 12.3 Å². The van der Waals surface area contributed by atoms with Crippen LogP contribution in [0.5, 0.6) is 0 Å². The van der Waals surface area contributed by atoms with Crippen molar-refractivity contribution in [3.05, 3.63) is 24.0 Å². The molecule has 0 aliphatic carbocycles. The maximum Gasteiger partial charge on any atom is 0.0635 e. The predicted octanol–water partition coefficient (Wildman–Crippen LogP) is 2.03. The van der Waals surface area contributed by atoms with Gasteiger partial charge in [-0.3, -0.25) is 4.98 Å². The van der Waals surface area contributed by atoms with E-state index in [2.05, 4.69) is 36.4 Å². The first kappa shape index (κ1) is 13.9. The van der Waals surface area contributed by atoms with E-state index in [4.69, 9.17) is 4.74 Å². The predicted molar refractivity (Wildman–Crippen MR) is 71.2 cm³/mol. The van der Waals surface area contributed by atoms with Crippen LogP contribution >= 0.6 is 0 Å². The van der Waals surface area contributed by atoms with Crippen LogP contribution in [0.2, 0.25) is 0 Å². The average Bonchev–Trinajstić information content (AvgIpc) is 2.27. The van der Waals surface area contributed by atoms with Crippen molar-refractivity contribution in [1.82, 2.24) is 10.3 Å². The maximum atomic E-state index is 5.02. The summed E-state index contributed by atoms with van der Waals surface area (Å²) in [4.78, 5) is 4.16. The summed E-state index contributed by atoms with van der Waals surface area (Å²) in [5.41, 5.74) is 2.41. The average molecular weight is 237 g/mol. The van der Waals surface area contributed by atoms with Gasteiger partial charge in [0.25, 0.3) is 0 Å². The van der Waals surface area contributed by atoms with Crippen LogP contribution in [0.1, 0.15) is 26.3 Å². The fourth-order valence-corrected chi connectivity index (χ4v) is 1.39. The number of hydrogen-bond donors (Lipinski definition) is 2. The summed E-state index contributed by atoms with van der Waals surface area (Å²) in [6, 6.07) is 2.00. The third-order valence-corrected chi connectivity index (χ3v) is 2.33. The van der Waals surface area contributed by atoms with E-state index in [0.29, 0.717) is 6.61 Å². The SMILES string of the molecule is COCCNc1ccncc1CNC(C)(C)C. The van der Waals surface area contributed by atoms with Crippen LogP contribution in [0, 0.1) is 0 Å². The second-order valence-electron chi connectivity index (χ2n) is 5.06. The number of nitrogens with one attached hydrogen (secondary N) is 2. The van der Waals surface area contributed by atoms with Gasteiger partial charge in [0, 0.05) is 49.4 Å². The van der Waals surface area contributed by atoms with Crippen LogP contribution in [0.15, 0.2) is 18.5 Å². The Bertz CT molecular complexity index is 334. The number of methoxy groups -OCH3 is 1. The molecule has 0 radical (unpaired) electrons. The molecule has 17 heavy (non-hydrogen) atoms. The van der Waals surface area contributed by atoms with Gasteiger partial charge in [0.2, 0.25) is 0 Å². The molecule has 0 spiro atoms. The van der Waals surface area contributed by atoms with Gasteiger partial charge in [0.1, 0.15) is 0 Å². The van der Waals surface area contributed by atoms with Gasteiger partial charge in [0.05, 0.1) is 6.61 Å². The zero-order valence-electron chi connectivity index (χ0n) is 11.2. The van der Waals surface area contributed by atoms with E-state index < -0.39 is 0 Å². The summed E-state index contributed by atoms with van der Waals surface area (Å²) in [6.45, 7) is 8.79. The van der Waals surface area contributed by atoms with E-state index in [1.165, 1.54) is 5.56 Å². The molecular weight excluding hydrogens is 214 g/mol. The van der Waals surface area contributed by atoms with Crippen LogP contribution in [-0.2, 0) is 11.3 Å². The van der Waals surface area contributed by atoms with Crippen LogP contribution in [0.3, 0.4) is 0 Å². The number of pyridine rings is 1.